The Morgan fingerprint density at radius 3 is 2.38 bits per heavy atom. The fourth-order valence-electron chi connectivity index (χ4n) is 1.83. The third-order valence-corrected chi connectivity index (χ3v) is 4.00. The second kappa shape index (κ2) is 5.97. The predicted molar refractivity (Wildman–Crippen MR) is 81.9 cm³/mol. The molecular weight excluding hydrogens is 338 g/mol. The van der Waals surface area contributed by atoms with Crippen LogP contribution in [0, 0.1) is 6.92 Å². The second-order valence-electron chi connectivity index (χ2n) is 4.40. The molecule has 0 atom stereocenters. The number of amides is 1. The molecule has 0 saturated heterocycles. The number of hydrogen-bond acceptors (Lipinski definition) is 3. The molecule has 2 rings (SSSR count). The molecule has 0 aliphatic heterocycles. The van der Waals surface area contributed by atoms with Crippen LogP contribution in [-0.2, 0) is 0 Å². The lowest BCUT2D eigenvalue weighted by atomic mass is 10.1. The molecule has 0 spiro atoms. The minimum Gasteiger partial charge on any atom is -0.505 e. The van der Waals surface area contributed by atoms with Crippen molar-refractivity contribution in [2.24, 2.45) is 0 Å². The number of anilines is 1. The van der Waals surface area contributed by atoms with E-state index in [1.165, 1.54) is 18.2 Å². The lowest BCUT2D eigenvalue weighted by Gasteiger charge is -2.11. The molecule has 108 valence electrons. The average molecular weight is 350 g/mol. The lowest BCUT2D eigenvalue weighted by molar-refractivity contribution is 0.0693. The van der Waals surface area contributed by atoms with Crippen molar-refractivity contribution >= 4 is 33.5 Å². The Morgan fingerprint density at radius 2 is 1.71 bits per heavy atom. The first-order chi connectivity index (χ1) is 9.91. The molecule has 0 aliphatic rings. The summed E-state index contributed by atoms with van der Waals surface area (Å²) >= 11 is 3.33. The molecule has 0 saturated carbocycles. The summed E-state index contributed by atoms with van der Waals surface area (Å²) in [5, 5.41) is 21.3. The van der Waals surface area contributed by atoms with Gasteiger partial charge in [-0.3, -0.25) is 4.79 Å². The Morgan fingerprint density at radius 1 is 1.10 bits per heavy atom. The maximum Gasteiger partial charge on any atom is 0.339 e. The number of aromatic carboxylic acids is 1. The first-order valence-corrected chi connectivity index (χ1v) is 6.83. The van der Waals surface area contributed by atoms with Crippen LogP contribution in [0.5, 0.6) is 5.75 Å². The molecule has 5 nitrogen and oxygen atoms in total. The van der Waals surface area contributed by atoms with Gasteiger partial charge in [0.15, 0.2) is 5.75 Å². The van der Waals surface area contributed by atoms with Crippen molar-refractivity contribution in [3.05, 3.63) is 57.6 Å². The van der Waals surface area contributed by atoms with E-state index in [0.717, 1.165) is 5.56 Å². The Labute approximate surface area is 129 Å². The minimum atomic E-state index is -1.26. The quantitative estimate of drug-likeness (QED) is 0.741. The van der Waals surface area contributed by atoms with Gasteiger partial charge in [0.05, 0.1) is 11.3 Å². The molecule has 1 amide bonds. The van der Waals surface area contributed by atoms with Crippen LogP contribution in [0.2, 0.25) is 0 Å². The minimum absolute atomic E-state index is 0.0494. The van der Waals surface area contributed by atoms with Crippen LogP contribution in [0.4, 0.5) is 5.69 Å². The summed E-state index contributed by atoms with van der Waals surface area (Å²) in [6.45, 7) is 1.85. The highest BCUT2D eigenvalue weighted by Gasteiger charge is 2.17. The van der Waals surface area contributed by atoms with E-state index < -0.39 is 17.6 Å². The Hall–Kier alpha value is -2.34. The van der Waals surface area contributed by atoms with E-state index >= 15 is 0 Å². The van der Waals surface area contributed by atoms with E-state index in [1.54, 1.807) is 12.1 Å². The smallest absolute Gasteiger partial charge is 0.339 e. The maximum absolute atomic E-state index is 12.2. The number of nitrogens with one attached hydrogen (secondary N) is 1. The Kier molecular flexibility index (Phi) is 4.28. The molecule has 0 unspecified atom stereocenters. The molecule has 2 aromatic carbocycles. The third-order valence-electron chi connectivity index (χ3n) is 2.95. The van der Waals surface area contributed by atoms with Gasteiger partial charge in [0.25, 0.3) is 5.91 Å². The Balaban J connectivity index is 2.34. The summed E-state index contributed by atoms with van der Waals surface area (Å²) in [4.78, 5) is 23.2. The number of hydrogen-bond donors (Lipinski definition) is 3. The number of carboxylic acid groups (broad SMARTS) is 1. The van der Waals surface area contributed by atoms with Gasteiger partial charge in [-0.05, 0) is 46.6 Å². The monoisotopic (exact) mass is 349 g/mol. The van der Waals surface area contributed by atoms with Gasteiger partial charge in [-0.25, -0.2) is 4.79 Å². The standard InChI is InChI=1S/C15H12BrNO4/c1-8-4-2-5-9(12(8)16)14(19)17-11-7-3-6-10(13(11)18)15(20)21/h2-7,18H,1H3,(H,17,19)(H,20,21). The zero-order valence-electron chi connectivity index (χ0n) is 11.1. The number of aryl methyl sites for hydroxylation is 1. The summed E-state index contributed by atoms with van der Waals surface area (Å²) < 4.78 is 0.649. The summed E-state index contributed by atoms with van der Waals surface area (Å²) in [7, 11) is 0. The number of carbonyl (C=O) groups excluding carboxylic acids is 1. The lowest BCUT2D eigenvalue weighted by Crippen LogP contribution is -2.13. The largest absolute Gasteiger partial charge is 0.505 e. The van der Waals surface area contributed by atoms with Crippen LogP contribution in [0.3, 0.4) is 0 Å². The molecule has 0 bridgehead atoms. The van der Waals surface area contributed by atoms with Crippen LogP contribution in [0.25, 0.3) is 0 Å². The number of phenols is 1. The molecule has 0 heterocycles. The van der Waals surface area contributed by atoms with Crippen LogP contribution in [0.15, 0.2) is 40.9 Å². The van der Waals surface area contributed by atoms with Gasteiger partial charge in [-0.1, -0.05) is 18.2 Å². The molecule has 0 aliphatic carbocycles. The molecule has 0 fully saturated rings. The molecule has 2 aromatic rings. The van der Waals surface area contributed by atoms with Crippen molar-refractivity contribution in [1.82, 2.24) is 0 Å². The van der Waals surface area contributed by atoms with Gasteiger partial charge >= 0.3 is 5.97 Å². The number of carbonyl (C=O) groups is 2. The first-order valence-electron chi connectivity index (χ1n) is 6.03. The zero-order chi connectivity index (χ0) is 15.6. The van der Waals surface area contributed by atoms with Crippen molar-refractivity contribution in [1.29, 1.82) is 0 Å². The van der Waals surface area contributed by atoms with E-state index in [-0.39, 0.29) is 11.3 Å². The molecular formula is C15H12BrNO4. The van der Waals surface area contributed by atoms with Gasteiger partial charge in [0.1, 0.15) is 5.56 Å². The normalized spacial score (nSPS) is 10.2. The van der Waals surface area contributed by atoms with Gasteiger partial charge in [-0.15, -0.1) is 0 Å². The number of para-hydroxylation sites is 1. The van der Waals surface area contributed by atoms with Crippen LogP contribution < -0.4 is 5.32 Å². The predicted octanol–water partition coefficient (Wildman–Crippen LogP) is 3.41. The van der Waals surface area contributed by atoms with E-state index in [9.17, 15) is 14.7 Å². The topological polar surface area (TPSA) is 86.6 Å². The van der Waals surface area contributed by atoms with Crippen molar-refractivity contribution in [3.8, 4) is 5.75 Å². The van der Waals surface area contributed by atoms with E-state index in [1.807, 2.05) is 13.0 Å². The van der Waals surface area contributed by atoms with Crippen molar-refractivity contribution in [3.63, 3.8) is 0 Å². The second-order valence-corrected chi connectivity index (χ2v) is 5.19. The molecule has 6 heteroatoms. The summed E-state index contributed by atoms with van der Waals surface area (Å²) in [5.41, 5.74) is 1.07. The van der Waals surface area contributed by atoms with Gasteiger partial charge in [0, 0.05) is 4.47 Å². The number of benzene rings is 2. The van der Waals surface area contributed by atoms with Crippen molar-refractivity contribution in [2.45, 2.75) is 6.92 Å². The van der Waals surface area contributed by atoms with E-state index in [2.05, 4.69) is 21.2 Å². The molecule has 21 heavy (non-hydrogen) atoms. The number of carboxylic acids is 1. The highest BCUT2D eigenvalue weighted by Crippen LogP contribution is 2.29. The first kappa shape index (κ1) is 15.1. The number of rotatable bonds is 3. The fourth-order valence-corrected chi connectivity index (χ4v) is 2.27. The van der Waals surface area contributed by atoms with Crippen molar-refractivity contribution < 1.29 is 19.8 Å². The van der Waals surface area contributed by atoms with E-state index in [0.29, 0.717) is 10.0 Å². The number of halogens is 1. The van der Waals surface area contributed by atoms with Crippen molar-refractivity contribution in [2.75, 3.05) is 5.32 Å². The highest BCUT2D eigenvalue weighted by atomic mass is 79.9. The molecule has 0 aromatic heterocycles. The highest BCUT2D eigenvalue weighted by molar-refractivity contribution is 9.10. The van der Waals surface area contributed by atoms with Gasteiger partial charge in [0.2, 0.25) is 0 Å². The van der Waals surface area contributed by atoms with Gasteiger partial charge < -0.3 is 15.5 Å². The van der Waals surface area contributed by atoms with E-state index in [4.69, 9.17) is 5.11 Å². The average Bonchev–Trinajstić information content (AvgIpc) is 2.43. The zero-order valence-corrected chi connectivity index (χ0v) is 12.6. The molecule has 0 radical (unpaired) electrons. The van der Waals surface area contributed by atoms with Crippen LogP contribution >= 0.6 is 15.9 Å². The Bertz CT molecular complexity index is 728. The SMILES string of the molecule is Cc1cccc(C(=O)Nc2cccc(C(=O)O)c2O)c1Br. The van der Waals surface area contributed by atoms with Gasteiger partial charge in [-0.2, -0.15) is 0 Å². The third kappa shape index (κ3) is 3.05. The van der Waals surface area contributed by atoms with Crippen LogP contribution in [0.1, 0.15) is 26.3 Å². The summed E-state index contributed by atoms with van der Waals surface area (Å²) in [6.07, 6.45) is 0. The molecule has 3 N–H and O–H groups in total. The summed E-state index contributed by atoms with van der Waals surface area (Å²) in [6, 6.07) is 9.36. The fraction of sp³-hybridized carbons (Fsp3) is 0.0667. The van der Waals surface area contributed by atoms with Crippen LogP contribution in [-0.4, -0.2) is 22.1 Å². The number of aromatic hydroxyl groups is 1. The summed E-state index contributed by atoms with van der Waals surface area (Å²) in [5.74, 6) is -2.18. The maximum atomic E-state index is 12.2.